The number of fused-ring (bicyclic) bond motifs is 2. The lowest BCUT2D eigenvalue weighted by atomic mass is 10.00. The lowest BCUT2D eigenvalue weighted by Crippen LogP contribution is -2.49. The minimum absolute atomic E-state index is 0.0655. The summed E-state index contributed by atoms with van der Waals surface area (Å²) >= 11 is 0. The first-order chi connectivity index (χ1) is 11.7. The average molecular weight is 330 g/mol. The van der Waals surface area contributed by atoms with Crippen LogP contribution in [0.15, 0.2) is 24.3 Å². The highest BCUT2D eigenvalue weighted by molar-refractivity contribution is 6.06. The summed E-state index contributed by atoms with van der Waals surface area (Å²) in [6, 6.07) is 7.91. The van der Waals surface area contributed by atoms with E-state index in [2.05, 4.69) is 11.8 Å². The van der Waals surface area contributed by atoms with Gasteiger partial charge in [-0.1, -0.05) is 25.1 Å². The van der Waals surface area contributed by atoms with Gasteiger partial charge in [-0.25, -0.2) is 0 Å². The van der Waals surface area contributed by atoms with Gasteiger partial charge in [0.2, 0.25) is 0 Å². The van der Waals surface area contributed by atoms with Crippen molar-refractivity contribution in [2.24, 2.45) is 5.92 Å². The van der Waals surface area contributed by atoms with Crippen molar-refractivity contribution in [2.75, 3.05) is 37.9 Å². The lowest BCUT2D eigenvalue weighted by molar-refractivity contribution is -0.223. The first kappa shape index (κ1) is 16.1. The van der Waals surface area contributed by atoms with Crippen LogP contribution < -0.4 is 4.90 Å². The van der Waals surface area contributed by atoms with Crippen LogP contribution in [0, 0.1) is 5.92 Å². The van der Waals surface area contributed by atoms with Crippen LogP contribution in [0.5, 0.6) is 0 Å². The predicted octanol–water partition coefficient (Wildman–Crippen LogP) is 2.70. The Labute approximate surface area is 143 Å². The molecule has 3 aliphatic heterocycles. The quantitative estimate of drug-likeness (QED) is 0.836. The normalized spacial score (nSPS) is 25.0. The minimum Gasteiger partial charge on any atom is -0.338 e. The number of benzene rings is 1. The molecule has 5 nitrogen and oxygen atoms in total. The molecule has 1 aromatic rings. The zero-order valence-electron chi connectivity index (χ0n) is 14.4. The molecule has 0 radical (unpaired) electrons. The molecule has 0 bridgehead atoms. The fourth-order valence-electron chi connectivity index (χ4n) is 3.89. The second-order valence-corrected chi connectivity index (χ2v) is 7.21. The highest BCUT2D eigenvalue weighted by Crippen LogP contribution is 2.44. The molecule has 0 saturated carbocycles. The first-order valence-corrected chi connectivity index (χ1v) is 9.12. The standard InChI is InChI=1S/C19H26N2O3/c1-15-8-10-20(11-9-15)14-21-17-7-3-2-6-16(17)19(18(21)22)23-12-4-5-13-24-19/h2-3,6-7,15H,4-5,8-14H2,1H3. The third-order valence-corrected chi connectivity index (χ3v) is 5.44. The molecule has 1 spiro atoms. The number of hydrogen-bond donors (Lipinski definition) is 0. The Kier molecular flexibility index (Phi) is 4.33. The summed E-state index contributed by atoms with van der Waals surface area (Å²) in [6.07, 6.45) is 4.26. The minimum atomic E-state index is -1.23. The number of nitrogens with zero attached hydrogens (tertiary/aromatic N) is 2. The van der Waals surface area contributed by atoms with Crippen LogP contribution in [0.4, 0.5) is 5.69 Å². The summed E-state index contributed by atoms with van der Waals surface area (Å²) in [6.45, 7) is 6.14. The third-order valence-electron chi connectivity index (χ3n) is 5.44. The zero-order valence-corrected chi connectivity index (χ0v) is 14.4. The Morgan fingerprint density at radius 2 is 1.79 bits per heavy atom. The van der Waals surface area contributed by atoms with E-state index >= 15 is 0 Å². The molecule has 0 N–H and O–H groups in total. The number of piperidine rings is 1. The highest BCUT2D eigenvalue weighted by atomic mass is 16.7. The molecule has 1 amide bonds. The summed E-state index contributed by atoms with van der Waals surface area (Å²) in [5.41, 5.74) is 1.80. The van der Waals surface area contributed by atoms with E-state index in [1.165, 1.54) is 12.8 Å². The molecule has 3 heterocycles. The van der Waals surface area contributed by atoms with E-state index in [9.17, 15) is 4.79 Å². The molecule has 0 aromatic heterocycles. The van der Waals surface area contributed by atoms with Crippen LogP contribution in [0.2, 0.25) is 0 Å². The highest BCUT2D eigenvalue weighted by Gasteiger charge is 2.54. The van der Waals surface area contributed by atoms with Gasteiger partial charge in [-0.3, -0.25) is 14.6 Å². The Morgan fingerprint density at radius 1 is 1.12 bits per heavy atom. The van der Waals surface area contributed by atoms with Crippen LogP contribution in [0.3, 0.4) is 0 Å². The fraction of sp³-hybridized carbons (Fsp3) is 0.632. The van der Waals surface area contributed by atoms with Crippen molar-refractivity contribution in [3.05, 3.63) is 29.8 Å². The first-order valence-electron chi connectivity index (χ1n) is 9.12. The van der Waals surface area contributed by atoms with E-state index in [-0.39, 0.29) is 5.91 Å². The second kappa shape index (κ2) is 6.47. The molecule has 1 aromatic carbocycles. The number of carbonyl (C=O) groups is 1. The van der Waals surface area contributed by atoms with Gasteiger partial charge in [0, 0.05) is 18.7 Å². The maximum Gasteiger partial charge on any atom is 0.293 e. The molecule has 4 rings (SSSR count). The predicted molar refractivity (Wildman–Crippen MR) is 91.6 cm³/mol. The van der Waals surface area contributed by atoms with Gasteiger partial charge in [0.25, 0.3) is 11.7 Å². The molecule has 5 heteroatoms. The van der Waals surface area contributed by atoms with Crippen LogP contribution in [-0.4, -0.2) is 43.8 Å². The van der Waals surface area contributed by atoms with Crippen LogP contribution in [0.25, 0.3) is 0 Å². The van der Waals surface area contributed by atoms with E-state index in [0.717, 1.165) is 43.1 Å². The molecule has 0 unspecified atom stereocenters. The SMILES string of the molecule is CC1CCN(CN2C(=O)C3(OCCCCO3)c3ccccc32)CC1. The fourth-order valence-corrected chi connectivity index (χ4v) is 3.89. The molecule has 24 heavy (non-hydrogen) atoms. The molecule has 2 fully saturated rings. The van der Waals surface area contributed by atoms with Crippen LogP contribution in [0.1, 0.15) is 38.2 Å². The van der Waals surface area contributed by atoms with Crippen LogP contribution in [-0.2, 0) is 20.1 Å². The van der Waals surface area contributed by atoms with Crippen molar-refractivity contribution in [2.45, 2.75) is 38.4 Å². The summed E-state index contributed by atoms with van der Waals surface area (Å²) < 4.78 is 12.0. The van der Waals surface area contributed by atoms with Gasteiger partial charge in [-0.2, -0.15) is 0 Å². The van der Waals surface area contributed by atoms with Gasteiger partial charge in [0.1, 0.15) is 0 Å². The van der Waals surface area contributed by atoms with Gasteiger partial charge in [0.05, 0.1) is 25.6 Å². The smallest absolute Gasteiger partial charge is 0.293 e. The number of likely N-dealkylation sites (tertiary alicyclic amines) is 1. The van der Waals surface area contributed by atoms with E-state index in [1.807, 2.05) is 29.2 Å². The van der Waals surface area contributed by atoms with E-state index < -0.39 is 5.79 Å². The van der Waals surface area contributed by atoms with Crippen molar-refractivity contribution in [3.63, 3.8) is 0 Å². The van der Waals surface area contributed by atoms with E-state index in [0.29, 0.717) is 19.9 Å². The topological polar surface area (TPSA) is 42.0 Å². The number of anilines is 1. The van der Waals surface area contributed by atoms with Crippen molar-refractivity contribution in [1.82, 2.24) is 4.90 Å². The molecular weight excluding hydrogens is 304 g/mol. The molecule has 3 aliphatic rings. The Balaban J connectivity index is 1.62. The lowest BCUT2D eigenvalue weighted by Gasteiger charge is -2.34. The molecule has 0 aliphatic carbocycles. The van der Waals surface area contributed by atoms with Crippen LogP contribution >= 0.6 is 0 Å². The van der Waals surface area contributed by atoms with Gasteiger partial charge in [0.15, 0.2) is 0 Å². The second-order valence-electron chi connectivity index (χ2n) is 7.21. The van der Waals surface area contributed by atoms with Gasteiger partial charge < -0.3 is 9.47 Å². The van der Waals surface area contributed by atoms with Gasteiger partial charge >= 0.3 is 0 Å². The number of amides is 1. The van der Waals surface area contributed by atoms with Gasteiger partial charge in [-0.05, 0) is 37.7 Å². The monoisotopic (exact) mass is 330 g/mol. The number of hydrogen-bond acceptors (Lipinski definition) is 4. The zero-order chi connectivity index (χ0) is 16.6. The van der Waals surface area contributed by atoms with E-state index in [1.54, 1.807) is 0 Å². The largest absolute Gasteiger partial charge is 0.338 e. The molecule has 130 valence electrons. The Morgan fingerprint density at radius 3 is 2.50 bits per heavy atom. The van der Waals surface area contributed by atoms with Crippen molar-refractivity contribution in [1.29, 1.82) is 0 Å². The Bertz CT molecular complexity index is 602. The van der Waals surface area contributed by atoms with E-state index in [4.69, 9.17) is 9.47 Å². The maximum absolute atomic E-state index is 13.3. The van der Waals surface area contributed by atoms with Crippen molar-refractivity contribution < 1.29 is 14.3 Å². The average Bonchev–Trinajstić information content (AvgIpc) is 2.78. The van der Waals surface area contributed by atoms with Crippen molar-refractivity contribution in [3.8, 4) is 0 Å². The third kappa shape index (κ3) is 2.65. The van der Waals surface area contributed by atoms with Gasteiger partial charge in [-0.15, -0.1) is 0 Å². The number of ether oxygens (including phenoxy) is 2. The Hall–Kier alpha value is -1.43. The molecule has 0 atom stereocenters. The summed E-state index contributed by atoms with van der Waals surface area (Å²) in [5, 5.41) is 0. The molecule has 2 saturated heterocycles. The summed E-state index contributed by atoms with van der Waals surface area (Å²) in [4.78, 5) is 17.5. The van der Waals surface area contributed by atoms with Crippen molar-refractivity contribution >= 4 is 11.6 Å². The summed E-state index contributed by atoms with van der Waals surface area (Å²) in [7, 11) is 0. The number of rotatable bonds is 2. The molecular formula is C19H26N2O3. The maximum atomic E-state index is 13.3. The number of para-hydroxylation sites is 1. The number of carbonyl (C=O) groups excluding carboxylic acids is 1. The summed E-state index contributed by atoms with van der Waals surface area (Å²) in [5.74, 6) is -0.511.